The van der Waals surface area contributed by atoms with Crippen molar-refractivity contribution in [2.75, 3.05) is 23.3 Å². The van der Waals surface area contributed by atoms with Gasteiger partial charge in [-0.2, -0.15) is 0 Å². The molecular weight excluding hydrogens is 354 g/mol. The molecule has 1 heterocycles. The van der Waals surface area contributed by atoms with Crippen molar-refractivity contribution in [2.45, 2.75) is 38.5 Å². The monoisotopic (exact) mass is 379 g/mol. The normalized spacial score (nSPS) is 17.1. The molecule has 0 atom stereocenters. The van der Waals surface area contributed by atoms with Crippen molar-refractivity contribution < 1.29 is 9.72 Å². The van der Waals surface area contributed by atoms with Crippen LogP contribution in [0.25, 0.3) is 0 Å². The quantitative estimate of drug-likeness (QED) is 0.634. The highest BCUT2D eigenvalue weighted by molar-refractivity contribution is 5.93. The molecule has 1 N–H and O–H groups in total. The minimum absolute atomic E-state index is 0.0570. The molecular formula is C22H25N3O3. The lowest BCUT2D eigenvalue weighted by Crippen LogP contribution is -2.38. The summed E-state index contributed by atoms with van der Waals surface area (Å²) in [6, 6.07) is 13.0. The molecule has 1 saturated heterocycles. The maximum Gasteiger partial charge on any atom is 0.292 e. The highest BCUT2D eigenvalue weighted by atomic mass is 16.6. The van der Waals surface area contributed by atoms with Crippen LogP contribution in [0.4, 0.5) is 17.1 Å². The molecule has 1 aliphatic heterocycles. The number of nitro benzene ring substituents is 1. The van der Waals surface area contributed by atoms with E-state index in [1.165, 1.54) is 30.0 Å². The van der Waals surface area contributed by atoms with Crippen molar-refractivity contribution in [3.8, 4) is 0 Å². The minimum Gasteiger partial charge on any atom is -0.366 e. The summed E-state index contributed by atoms with van der Waals surface area (Å²) in [6.07, 6.45) is 5.91. The van der Waals surface area contributed by atoms with Crippen LogP contribution >= 0.6 is 0 Å². The summed E-state index contributed by atoms with van der Waals surface area (Å²) in [6.45, 7) is 1.30. The highest BCUT2D eigenvalue weighted by Crippen LogP contribution is 2.32. The van der Waals surface area contributed by atoms with Crippen molar-refractivity contribution in [2.24, 2.45) is 5.92 Å². The highest BCUT2D eigenvalue weighted by Gasteiger charge is 2.28. The number of amides is 1. The first kappa shape index (κ1) is 18.5. The van der Waals surface area contributed by atoms with Crippen LogP contribution in [0.3, 0.4) is 0 Å². The third kappa shape index (κ3) is 3.72. The van der Waals surface area contributed by atoms with Crippen molar-refractivity contribution in [1.29, 1.82) is 0 Å². The second-order valence-electron chi connectivity index (χ2n) is 7.65. The molecule has 146 valence electrons. The van der Waals surface area contributed by atoms with Gasteiger partial charge in [0.15, 0.2) is 0 Å². The average molecular weight is 379 g/mol. The van der Waals surface area contributed by atoms with Gasteiger partial charge in [0.05, 0.1) is 4.92 Å². The number of benzene rings is 2. The maximum atomic E-state index is 12.8. The van der Waals surface area contributed by atoms with Crippen LogP contribution in [-0.2, 0) is 17.6 Å². The van der Waals surface area contributed by atoms with E-state index in [9.17, 15) is 14.9 Å². The molecule has 6 nitrogen and oxygen atoms in total. The lowest BCUT2D eigenvalue weighted by atomic mass is 9.90. The van der Waals surface area contributed by atoms with Crippen LogP contribution in [-0.4, -0.2) is 23.9 Å². The zero-order valence-corrected chi connectivity index (χ0v) is 15.9. The number of hydrogen-bond acceptors (Lipinski definition) is 4. The number of nitrogens with zero attached hydrogens (tertiary/aromatic N) is 2. The molecule has 28 heavy (non-hydrogen) atoms. The Morgan fingerprint density at radius 1 is 1.04 bits per heavy atom. The van der Waals surface area contributed by atoms with Crippen LogP contribution in [0.2, 0.25) is 0 Å². The minimum atomic E-state index is -0.341. The fraction of sp³-hybridized carbons (Fsp3) is 0.409. The number of fused-ring (bicyclic) bond motifs is 1. The Labute approximate surface area is 164 Å². The number of nitrogens with one attached hydrogen (secondary N) is 1. The Bertz CT molecular complexity index is 888. The number of rotatable bonds is 4. The predicted molar refractivity (Wildman–Crippen MR) is 110 cm³/mol. The molecule has 1 fully saturated rings. The number of nitro groups is 1. The van der Waals surface area contributed by atoms with Crippen LogP contribution in [0.15, 0.2) is 42.5 Å². The maximum absolute atomic E-state index is 12.8. The molecule has 1 aliphatic carbocycles. The van der Waals surface area contributed by atoms with Crippen molar-refractivity contribution in [3.05, 3.63) is 63.7 Å². The van der Waals surface area contributed by atoms with E-state index in [-0.39, 0.29) is 22.4 Å². The SMILES string of the molecule is O=C(Nc1cccc2c1CCCC2)C1CCN(c2ccccc2[N+](=O)[O-])CC1. The Morgan fingerprint density at radius 2 is 1.79 bits per heavy atom. The molecule has 0 unspecified atom stereocenters. The molecule has 4 rings (SSSR count). The van der Waals surface area contributed by atoms with E-state index < -0.39 is 0 Å². The molecule has 2 aliphatic rings. The second-order valence-corrected chi connectivity index (χ2v) is 7.65. The molecule has 6 heteroatoms. The van der Waals surface area contributed by atoms with Gasteiger partial charge in [-0.25, -0.2) is 0 Å². The van der Waals surface area contributed by atoms with Gasteiger partial charge in [-0.05, 0) is 61.8 Å². The molecule has 0 saturated carbocycles. The fourth-order valence-electron chi connectivity index (χ4n) is 4.40. The summed E-state index contributed by atoms with van der Waals surface area (Å²) in [5.74, 6) is 0.0136. The lowest BCUT2D eigenvalue weighted by Gasteiger charge is -2.32. The first-order valence-electron chi connectivity index (χ1n) is 10.0. The number of aryl methyl sites for hydroxylation is 1. The van der Waals surface area contributed by atoms with Gasteiger partial charge in [-0.3, -0.25) is 14.9 Å². The van der Waals surface area contributed by atoms with Crippen molar-refractivity contribution in [1.82, 2.24) is 0 Å². The van der Waals surface area contributed by atoms with E-state index in [1.807, 2.05) is 23.1 Å². The van der Waals surface area contributed by atoms with Crippen LogP contribution in [0, 0.1) is 16.0 Å². The van der Waals surface area contributed by atoms with Gasteiger partial charge in [0, 0.05) is 30.8 Å². The summed E-state index contributed by atoms with van der Waals surface area (Å²) in [5, 5.41) is 14.4. The Balaban J connectivity index is 1.41. The molecule has 0 bridgehead atoms. The van der Waals surface area contributed by atoms with Crippen LogP contribution in [0.5, 0.6) is 0 Å². The number of para-hydroxylation sites is 2. The number of carbonyl (C=O) groups excluding carboxylic acids is 1. The fourth-order valence-corrected chi connectivity index (χ4v) is 4.40. The number of carbonyl (C=O) groups is 1. The molecule has 2 aromatic rings. The molecule has 0 spiro atoms. The Kier molecular flexibility index (Phi) is 5.28. The average Bonchev–Trinajstić information content (AvgIpc) is 2.74. The lowest BCUT2D eigenvalue weighted by molar-refractivity contribution is -0.384. The first-order valence-corrected chi connectivity index (χ1v) is 10.0. The second kappa shape index (κ2) is 8.00. The van der Waals surface area contributed by atoms with Crippen LogP contribution in [0.1, 0.15) is 36.8 Å². The Hall–Kier alpha value is -2.89. The number of hydrogen-bond donors (Lipinski definition) is 1. The zero-order chi connectivity index (χ0) is 19.5. The first-order chi connectivity index (χ1) is 13.6. The Morgan fingerprint density at radius 3 is 2.57 bits per heavy atom. The van der Waals surface area contributed by atoms with Gasteiger partial charge in [-0.1, -0.05) is 24.3 Å². The van der Waals surface area contributed by atoms with Gasteiger partial charge in [0.2, 0.25) is 5.91 Å². The van der Waals surface area contributed by atoms with E-state index in [2.05, 4.69) is 11.4 Å². The summed E-state index contributed by atoms with van der Waals surface area (Å²) in [5.41, 5.74) is 4.38. The third-order valence-electron chi connectivity index (χ3n) is 5.94. The summed E-state index contributed by atoms with van der Waals surface area (Å²) < 4.78 is 0. The molecule has 2 aromatic carbocycles. The molecule has 0 radical (unpaired) electrons. The van der Waals surface area contributed by atoms with Crippen molar-refractivity contribution in [3.63, 3.8) is 0 Å². The number of piperidine rings is 1. The zero-order valence-electron chi connectivity index (χ0n) is 15.9. The largest absolute Gasteiger partial charge is 0.366 e. The standard InChI is InChI=1S/C22H25N3O3/c26-22(23-19-9-5-7-16-6-1-2-8-18(16)19)17-12-14-24(15-13-17)20-10-3-4-11-21(20)25(27)28/h3-5,7,9-11,17H,1-2,6,8,12-15H2,(H,23,26). The van der Waals surface area contributed by atoms with Gasteiger partial charge in [0.25, 0.3) is 5.69 Å². The number of anilines is 2. The van der Waals surface area contributed by atoms with Gasteiger partial charge >= 0.3 is 0 Å². The predicted octanol–water partition coefficient (Wildman–Crippen LogP) is 4.33. The van der Waals surface area contributed by atoms with E-state index in [0.29, 0.717) is 31.6 Å². The molecule has 0 aromatic heterocycles. The van der Waals surface area contributed by atoms with E-state index in [0.717, 1.165) is 18.5 Å². The van der Waals surface area contributed by atoms with Crippen molar-refractivity contribution >= 4 is 23.0 Å². The topological polar surface area (TPSA) is 75.5 Å². The smallest absolute Gasteiger partial charge is 0.292 e. The van der Waals surface area contributed by atoms with Gasteiger partial charge in [-0.15, -0.1) is 0 Å². The third-order valence-corrected chi connectivity index (χ3v) is 5.94. The van der Waals surface area contributed by atoms with Gasteiger partial charge in [0.1, 0.15) is 5.69 Å². The van der Waals surface area contributed by atoms with E-state index >= 15 is 0 Å². The summed E-state index contributed by atoms with van der Waals surface area (Å²) in [4.78, 5) is 25.8. The van der Waals surface area contributed by atoms with E-state index in [1.54, 1.807) is 12.1 Å². The van der Waals surface area contributed by atoms with E-state index in [4.69, 9.17) is 0 Å². The van der Waals surface area contributed by atoms with Crippen LogP contribution < -0.4 is 10.2 Å². The summed E-state index contributed by atoms with van der Waals surface area (Å²) >= 11 is 0. The molecule has 1 amide bonds. The summed E-state index contributed by atoms with van der Waals surface area (Å²) in [7, 11) is 0. The van der Waals surface area contributed by atoms with Gasteiger partial charge < -0.3 is 10.2 Å².